The van der Waals surface area contributed by atoms with Crippen LogP contribution in [0, 0.1) is 0 Å². The molecule has 0 radical (unpaired) electrons. The molecule has 0 aliphatic carbocycles. The molecule has 1 aliphatic heterocycles. The average Bonchev–Trinajstić information content (AvgIpc) is 3.38. The monoisotopic (exact) mass is 497 g/mol. The molecule has 1 aliphatic rings. The zero-order chi connectivity index (χ0) is 19.1. The molecule has 2 aromatic rings. The number of nitrogens with zero attached hydrogens (tertiary/aromatic N) is 5. The van der Waals surface area contributed by atoms with Gasteiger partial charge in [-0.15, -0.1) is 24.0 Å². The van der Waals surface area contributed by atoms with Crippen molar-refractivity contribution in [3.63, 3.8) is 0 Å². The van der Waals surface area contributed by atoms with Crippen molar-refractivity contribution in [1.29, 1.82) is 0 Å². The van der Waals surface area contributed by atoms with Crippen LogP contribution in [0.4, 0.5) is 0 Å². The molecular weight excluding hydrogens is 469 g/mol. The average molecular weight is 497 g/mol. The third-order valence-electron chi connectivity index (χ3n) is 4.50. The maximum atomic E-state index is 11.9. The Kier molecular flexibility index (Phi) is 8.68. The van der Waals surface area contributed by atoms with Crippen LogP contribution in [-0.4, -0.2) is 57.2 Å². The van der Waals surface area contributed by atoms with E-state index in [1.54, 1.807) is 17.1 Å². The fourth-order valence-corrected chi connectivity index (χ4v) is 3.10. The Hall–Kier alpha value is -2.17. The minimum absolute atomic E-state index is 0. The first-order valence-electron chi connectivity index (χ1n) is 9.47. The second kappa shape index (κ2) is 11.0. The van der Waals surface area contributed by atoms with Gasteiger partial charge in [0.1, 0.15) is 0 Å². The molecule has 1 fully saturated rings. The Labute approximate surface area is 182 Å². The van der Waals surface area contributed by atoms with Gasteiger partial charge in [0.25, 0.3) is 0 Å². The van der Waals surface area contributed by atoms with Crippen molar-refractivity contribution in [1.82, 2.24) is 30.3 Å². The van der Waals surface area contributed by atoms with E-state index >= 15 is 0 Å². The van der Waals surface area contributed by atoms with Gasteiger partial charge in [0.2, 0.25) is 5.91 Å². The van der Waals surface area contributed by atoms with Crippen molar-refractivity contribution in [2.45, 2.75) is 39.3 Å². The Balaban J connectivity index is 0.00000280. The van der Waals surface area contributed by atoms with E-state index in [0.29, 0.717) is 13.0 Å². The van der Waals surface area contributed by atoms with E-state index < -0.39 is 0 Å². The first-order valence-corrected chi connectivity index (χ1v) is 9.47. The molecule has 28 heavy (non-hydrogen) atoms. The topological polar surface area (TPSA) is 87.4 Å². The van der Waals surface area contributed by atoms with E-state index in [-0.39, 0.29) is 35.9 Å². The van der Waals surface area contributed by atoms with Gasteiger partial charge in [0.05, 0.1) is 6.54 Å². The van der Waals surface area contributed by atoms with Crippen LogP contribution in [0.3, 0.4) is 0 Å². The number of carbonyl (C=O) groups is 1. The number of rotatable bonds is 6. The van der Waals surface area contributed by atoms with Crippen molar-refractivity contribution in [2.75, 3.05) is 19.6 Å². The lowest BCUT2D eigenvalue weighted by atomic mass is 10.2. The summed E-state index contributed by atoms with van der Waals surface area (Å²) >= 11 is 0. The van der Waals surface area contributed by atoms with Gasteiger partial charge in [0.15, 0.2) is 11.8 Å². The highest BCUT2D eigenvalue weighted by molar-refractivity contribution is 14.0. The van der Waals surface area contributed by atoms with Crippen LogP contribution in [0.5, 0.6) is 0 Å². The lowest BCUT2D eigenvalue weighted by Gasteiger charge is -2.18. The quantitative estimate of drug-likeness (QED) is 0.362. The Morgan fingerprint density at radius 1 is 1.36 bits per heavy atom. The third kappa shape index (κ3) is 5.91. The molecule has 0 aromatic carbocycles. The number of pyridine rings is 1. The van der Waals surface area contributed by atoms with Gasteiger partial charge < -0.3 is 15.5 Å². The van der Waals surface area contributed by atoms with Gasteiger partial charge in [-0.2, -0.15) is 5.10 Å². The Bertz CT molecular complexity index is 778. The lowest BCUT2D eigenvalue weighted by molar-refractivity contribution is -0.129. The predicted octanol–water partition coefficient (Wildman–Crippen LogP) is 1.95. The molecule has 1 saturated heterocycles. The summed E-state index contributed by atoms with van der Waals surface area (Å²) in [5.41, 5.74) is 1.06. The number of aromatic nitrogens is 3. The maximum absolute atomic E-state index is 11.9. The van der Waals surface area contributed by atoms with E-state index in [2.05, 4.69) is 20.7 Å². The van der Waals surface area contributed by atoms with Gasteiger partial charge in [-0.25, -0.2) is 14.7 Å². The van der Waals surface area contributed by atoms with Crippen LogP contribution < -0.4 is 10.6 Å². The smallest absolute Gasteiger partial charge is 0.222 e. The summed E-state index contributed by atoms with van der Waals surface area (Å²) in [7, 11) is 0. The van der Waals surface area contributed by atoms with Crippen LogP contribution >= 0.6 is 24.0 Å². The van der Waals surface area contributed by atoms with Crippen LogP contribution in [0.25, 0.3) is 5.82 Å². The summed E-state index contributed by atoms with van der Waals surface area (Å²) in [5, 5.41) is 10.9. The fraction of sp³-hybridized carbons (Fsp3) is 0.474. The number of hydrogen-bond acceptors (Lipinski definition) is 4. The molecule has 1 atom stereocenters. The standard InChI is InChI=1S/C19H27N7O.HI/c1-3-18(27)25-11-7-16(14-25)24-19(20-4-2)22-13-15-6-9-21-17(12-15)26-10-5-8-23-26;/h5-6,8-10,12,16H,3-4,7,11,13-14H2,1-2H3,(H2,20,22,24);1H. The molecule has 0 bridgehead atoms. The minimum Gasteiger partial charge on any atom is -0.357 e. The summed E-state index contributed by atoms with van der Waals surface area (Å²) in [4.78, 5) is 22.8. The van der Waals surface area contributed by atoms with E-state index in [1.807, 2.05) is 43.1 Å². The zero-order valence-electron chi connectivity index (χ0n) is 16.3. The first-order chi connectivity index (χ1) is 13.2. The summed E-state index contributed by atoms with van der Waals surface area (Å²) in [6.45, 7) is 6.81. The Morgan fingerprint density at radius 3 is 2.93 bits per heavy atom. The largest absolute Gasteiger partial charge is 0.357 e. The molecule has 0 spiro atoms. The first kappa shape index (κ1) is 22.1. The van der Waals surface area contributed by atoms with E-state index in [9.17, 15) is 4.79 Å². The molecule has 2 N–H and O–H groups in total. The number of hydrogen-bond donors (Lipinski definition) is 2. The summed E-state index contributed by atoms with van der Waals surface area (Å²) < 4.78 is 1.73. The van der Waals surface area contributed by atoms with E-state index in [4.69, 9.17) is 4.99 Å². The summed E-state index contributed by atoms with van der Waals surface area (Å²) in [6, 6.07) is 6.04. The van der Waals surface area contributed by atoms with Gasteiger partial charge in [-0.1, -0.05) is 6.92 Å². The van der Waals surface area contributed by atoms with Crippen LogP contribution in [0.2, 0.25) is 0 Å². The van der Waals surface area contributed by atoms with Crippen LogP contribution in [-0.2, 0) is 11.3 Å². The number of likely N-dealkylation sites (tertiary alicyclic amines) is 1. The maximum Gasteiger partial charge on any atom is 0.222 e. The highest BCUT2D eigenvalue weighted by atomic mass is 127. The van der Waals surface area contributed by atoms with Crippen LogP contribution in [0.15, 0.2) is 41.8 Å². The number of halogens is 1. The Morgan fingerprint density at radius 2 is 2.21 bits per heavy atom. The lowest BCUT2D eigenvalue weighted by Crippen LogP contribution is -2.45. The van der Waals surface area contributed by atoms with Gasteiger partial charge in [0, 0.05) is 50.7 Å². The SMILES string of the molecule is CCNC(=NCc1ccnc(-n2cccn2)c1)NC1CCN(C(=O)CC)C1.I. The highest BCUT2D eigenvalue weighted by Gasteiger charge is 2.25. The third-order valence-corrected chi connectivity index (χ3v) is 4.50. The summed E-state index contributed by atoms with van der Waals surface area (Å²) in [5.74, 6) is 1.75. The molecular formula is C19H28IN7O. The fourth-order valence-electron chi connectivity index (χ4n) is 3.10. The molecule has 8 nitrogen and oxygen atoms in total. The molecule has 3 heterocycles. The zero-order valence-corrected chi connectivity index (χ0v) is 18.7. The van der Waals surface area contributed by atoms with Crippen molar-refractivity contribution < 1.29 is 4.79 Å². The number of amides is 1. The highest BCUT2D eigenvalue weighted by Crippen LogP contribution is 2.11. The molecule has 1 amide bonds. The normalized spacial score (nSPS) is 16.6. The molecule has 1 unspecified atom stereocenters. The second-order valence-electron chi connectivity index (χ2n) is 6.49. The van der Waals surface area contributed by atoms with E-state index in [1.165, 1.54) is 0 Å². The van der Waals surface area contributed by atoms with Crippen LogP contribution in [0.1, 0.15) is 32.3 Å². The molecule has 0 saturated carbocycles. The molecule has 2 aromatic heterocycles. The van der Waals surface area contributed by atoms with E-state index in [0.717, 1.165) is 43.4 Å². The second-order valence-corrected chi connectivity index (χ2v) is 6.49. The molecule has 9 heteroatoms. The van der Waals surface area contributed by atoms with Crippen molar-refractivity contribution >= 4 is 35.8 Å². The minimum atomic E-state index is 0. The van der Waals surface area contributed by atoms with Gasteiger partial charge in [-0.3, -0.25) is 4.79 Å². The van der Waals surface area contributed by atoms with Crippen molar-refractivity contribution in [3.8, 4) is 5.82 Å². The van der Waals surface area contributed by atoms with Crippen molar-refractivity contribution in [3.05, 3.63) is 42.4 Å². The number of guanidine groups is 1. The number of nitrogens with one attached hydrogen (secondary N) is 2. The molecule has 3 rings (SSSR count). The van der Waals surface area contributed by atoms with Gasteiger partial charge >= 0.3 is 0 Å². The summed E-state index contributed by atoms with van der Waals surface area (Å²) in [6.07, 6.45) is 6.86. The number of aliphatic imine (C=N–C) groups is 1. The molecule has 152 valence electrons. The predicted molar refractivity (Wildman–Crippen MR) is 120 cm³/mol. The van der Waals surface area contributed by atoms with Gasteiger partial charge in [-0.05, 0) is 37.1 Å². The van der Waals surface area contributed by atoms with Crippen molar-refractivity contribution in [2.24, 2.45) is 4.99 Å². The number of carbonyl (C=O) groups excluding carboxylic acids is 1.